The Morgan fingerprint density at radius 3 is 2.37 bits per heavy atom. The van der Waals surface area contributed by atoms with Crippen LogP contribution in [0.3, 0.4) is 0 Å². The fourth-order valence-electron chi connectivity index (χ4n) is 6.65. The fraction of sp³-hybridized carbons (Fsp3) is 0.636. The van der Waals surface area contributed by atoms with E-state index < -0.39 is 26.9 Å². The van der Waals surface area contributed by atoms with Gasteiger partial charge in [-0.1, -0.05) is 17.7 Å². The van der Waals surface area contributed by atoms with E-state index in [0.717, 1.165) is 19.3 Å². The smallest absolute Gasteiger partial charge is 0.309 e. The maximum absolute atomic E-state index is 13.2. The summed E-state index contributed by atoms with van der Waals surface area (Å²) < 4.78 is 28.3. The molecule has 30 heavy (non-hydrogen) atoms. The van der Waals surface area contributed by atoms with Gasteiger partial charge in [0.1, 0.15) is 0 Å². The fourth-order valence-corrected chi connectivity index (χ4v) is 8.39. The SMILES string of the molecule is O=C(O)C12CC3CC(C1)C(CC(=O)C1(NS(=O)(=O)c4cccc(Cl)c4)CC1)C(C3)C2. The number of hydrogen-bond acceptors (Lipinski definition) is 4. The molecule has 0 amide bonds. The van der Waals surface area contributed by atoms with E-state index in [1.54, 1.807) is 12.1 Å². The topological polar surface area (TPSA) is 101 Å². The molecule has 0 aromatic heterocycles. The van der Waals surface area contributed by atoms with Gasteiger partial charge >= 0.3 is 5.97 Å². The van der Waals surface area contributed by atoms with E-state index in [9.17, 15) is 23.1 Å². The first kappa shape index (κ1) is 20.5. The molecule has 6 rings (SSSR count). The van der Waals surface area contributed by atoms with Crippen LogP contribution in [-0.2, 0) is 19.6 Å². The maximum Gasteiger partial charge on any atom is 0.309 e. The van der Waals surface area contributed by atoms with Gasteiger partial charge in [0.25, 0.3) is 0 Å². The molecule has 5 aliphatic rings. The molecule has 2 unspecified atom stereocenters. The molecular weight excluding hydrogens is 426 g/mol. The van der Waals surface area contributed by atoms with E-state index in [1.165, 1.54) is 12.1 Å². The quantitative estimate of drug-likeness (QED) is 0.659. The Kier molecular flexibility index (Phi) is 4.62. The minimum Gasteiger partial charge on any atom is -0.481 e. The number of rotatable bonds is 7. The molecule has 2 atom stereocenters. The van der Waals surface area contributed by atoms with Gasteiger partial charge in [0.05, 0.1) is 15.8 Å². The predicted molar refractivity (Wildman–Crippen MR) is 110 cm³/mol. The van der Waals surface area contributed by atoms with E-state index >= 15 is 0 Å². The Bertz CT molecular complexity index is 1000. The molecule has 162 valence electrons. The molecule has 8 heteroatoms. The van der Waals surface area contributed by atoms with E-state index in [4.69, 9.17) is 11.6 Å². The van der Waals surface area contributed by atoms with Crippen molar-refractivity contribution in [2.24, 2.45) is 29.1 Å². The lowest BCUT2D eigenvalue weighted by Gasteiger charge is -2.58. The molecule has 6 nitrogen and oxygen atoms in total. The lowest BCUT2D eigenvalue weighted by Crippen LogP contribution is -2.55. The van der Waals surface area contributed by atoms with Crippen molar-refractivity contribution in [1.29, 1.82) is 0 Å². The van der Waals surface area contributed by atoms with Crippen LogP contribution in [0.4, 0.5) is 0 Å². The molecule has 4 bridgehead atoms. The Labute approximate surface area is 181 Å². The Balaban J connectivity index is 1.31. The summed E-state index contributed by atoms with van der Waals surface area (Å²) in [6.45, 7) is 0. The molecule has 0 heterocycles. The molecule has 2 N–H and O–H groups in total. The van der Waals surface area contributed by atoms with Crippen molar-refractivity contribution in [2.45, 2.75) is 61.8 Å². The summed E-state index contributed by atoms with van der Waals surface area (Å²) in [5.74, 6) is 0.429. The van der Waals surface area contributed by atoms with Crippen LogP contribution in [0.15, 0.2) is 29.2 Å². The van der Waals surface area contributed by atoms with Crippen molar-refractivity contribution < 1.29 is 23.1 Å². The zero-order valence-electron chi connectivity index (χ0n) is 16.6. The monoisotopic (exact) mass is 451 g/mol. The molecule has 0 spiro atoms. The zero-order valence-corrected chi connectivity index (χ0v) is 18.2. The van der Waals surface area contributed by atoms with Gasteiger partial charge in [-0.15, -0.1) is 0 Å². The number of benzene rings is 1. The number of hydrogen-bond donors (Lipinski definition) is 2. The van der Waals surface area contributed by atoms with Gasteiger partial charge in [-0.05, 0) is 86.8 Å². The highest BCUT2D eigenvalue weighted by atomic mass is 35.5. The van der Waals surface area contributed by atoms with E-state index in [1.807, 2.05) is 0 Å². The number of Topliss-reactive ketones (excluding diaryl/α,β-unsaturated/α-hetero) is 1. The van der Waals surface area contributed by atoms with Crippen LogP contribution in [0.2, 0.25) is 5.02 Å². The number of halogens is 1. The second-order valence-electron chi connectivity index (χ2n) is 9.99. The molecule has 1 aromatic carbocycles. The van der Waals surface area contributed by atoms with Crippen molar-refractivity contribution in [1.82, 2.24) is 4.72 Å². The maximum atomic E-state index is 13.2. The minimum atomic E-state index is -3.84. The molecule has 0 aliphatic heterocycles. The molecule has 0 saturated heterocycles. The lowest BCUT2D eigenvalue weighted by molar-refractivity contribution is -0.171. The van der Waals surface area contributed by atoms with Gasteiger partial charge in [0.2, 0.25) is 10.0 Å². The third kappa shape index (κ3) is 3.30. The number of carboxylic acid groups (broad SMARTS) is 1. The van der Waals surface area contributed by atoms with Crippen molar-refractivity contribution >= 4 is 33.4 Å². The average Bonchev–Trinajstić information content (AvgIpc) is 3.44. The van der Waals surface area contributed by atoms with E-state index in [2.05, 4.69) is 4.72 Å². The van der Waals surface area contributed by atoms with Gasteiger partial charge in [-0.25, -0.2) is 8.42 Å². The first-order valence-electron chi connectivity index (χ1n) is 10.7. The minimum absolute atomic E-state index is 0.0463. The van der Waals surface area contributed by atoms with Crippen LogP contribution in [0, 0.1) is 29.1 Å². The third-order valence-electron chi connectivity index (χ3n) is 8.06. The normalized spacial score (nSPS) is 35.9. The Morgan fingerprint density at radius 2 is 1.80 bits per heavy atom. The van der Waals surface area contributed by atoms with Crippen molar-refractivity contribution in [3.8, 4) is 0 Å². The van der Waals surface area contributed by atoms with Gasteiger partial charge in [-0.2, -0.15) is 4.72 Å². The first-order valence-corrected chi connectivity index (χ1v) is 12.5. The summed E-state index contributed by atoms with van der Waals surface area (Å²) in [6, 6.07) is 6.03. The molecule has 5 aliphatic carbocycles. The highest BCUT2D eigenvalue weighted by Gasteiger charge is 2.60. The Morgan fingerprint density at radius 1 is 1.13 bits per heavy atom. The number of carboxylic acids is 1. The van der Waals surface area contributed by atoms with Gasteiger partial charge in [0.15, 0.2) is 5.78 Å². The van der Waals surface area contributed by atoms with Crippen molar-refractivity contribution in [3.05, 3.63) is 29.3 Å². The van der Waals surface area contributed by atoms with Crippen LogP contribution in [0.25, 0.3) is 0 Å². The predicted octanol–water partition coefficient (Wildman–Crippen LogP) is 3.64. The summed E-state index contributed by atoms with van der Waals surface area (Å²) in [5, 5.41) is 10.1. The summed E-state index contributed by atoms with van der Waals surface area (Å²) in [6.07, 6.45) is 5.47. The number of sulfonamides is 1. The number of carbonyl (C=O) groups is 2. The summed E-state index contributed by atoms with van der Waals surface area (Å²) in [5.41, 5.74) is -1.61. The van der Waals surface area contributed by atoms with Crippen molar-refractivity contribution in [3.63, 3.8) is 0 Å². The van der Waals surface area contributed by atoms with Crippen LogP contribution < -0.4 is 4.72 Å². The van der Waals surface area contributed by atoms with Crippen LogP contribution in [0.1, 0.15) is 51.4 Å². The van der Waals surface area contributed by atoms with Gasteiger partial charge < -0.3 is 5.11 Å². The number of nitrogens with one attached hydrogen (secondary N) is 1. The average molecular weight is 452 g/mol. The second kappa shape index (κ2) is 6.78. The molecule has 0 radical (unpaired) electrons. The van der Waals surface area contributed by atoms with Gasteiger partial charge in [0, 0.05) is 11.4 Å². The summed E-state index contributed by atoms with van der Waals surface area (Å²) in [4.78, 5) is 25.2. The largest absolute Gasteiger partial charge is 0.481 e. The number of aliphatic carboxylic acids is 1. The van der Waals surface area contributed by atoms with Crippen LogP contribution in [-0.4, -0.2) is 30.8 Å². The lowest BCUT2D eigenvalue weighted by atomic mass is 9.45. The van der Waals surface area contributed by atoms with Crippen LogP contribution in [0.5, 0.6) is 0 Å². The second-order valence-corrected chi connectivity index (χ2v) is 12.1. The Hall–Kier alpha value is -1.44. The molecule has 1 aromatic rings. The highest BCUT2D eigenvalue weighted by molar-refractivity contribution is 7.89. The zero-order chi connectivity index (χ0) is 21.3. The first-order chi connectivity index (χ1) is 14.1. The van der Waals surface area contributed by atoms with Crippen molar-refractivity contribution in [2.75, 3.05) is 0 Å². The standard InChI is InChI=1S/C22H26ClNO5S/c23-16-2-1-3-17(8-16)30(28,29)24-22(4-5-22)19(25)9-18-14-6-13-7-15(18)12-21(10-13,11-14)20(26)27/h1-3,8,13-15,18,24H,4-7,9-12H2,(H,26,27). The summed E-state index contributed by atoms with van der Waals surface area (Å²) in [7, 11) is -3.84. The highest BCUT2D eigenvalue weighted by Crippen LogP contribution is 2.63. The third-order valence-corrected chi connectivity index (χ3v) is 9.83. The van der Waals surface area contributed by atoms with E-state index in [0.29, 0.717) is 43.0 Å². The summed E-state index contributed by atoms with van der Waals surface area (Å²) >= 11 is 5.93. The van der Waals surface area contributed by atoms with E-state index in [-0.39, 0.29) is 28.4 Å². The molecule has 5 saturated carbocycles. The number of carbonyl (C=O) groups excluding carboxylic acids is 1. The molecular formula is C22H26ClNO5S. The van der Waals surface area contributed by atoms with Gasteiger partial charge in [-0.3, -0.25) is 9.59 Å². The molecule has 5 fully saturated rings. The number of ketones is 1. The van der Waals surface area contributed by atoms with Crippen LogP contribution >= 0.6 is 11.6 Å².